The third-order valence-electron chi connectivity index (χ3n) is 3.14. The Morgan fingerprint density at radius 2 is 2.06 bits per heavy atom. The molecule has 4 nitrogen and oxygen atoms in total. The van der Waals surface area contributed by atoms with Gasteiger partial charge >= 0.3 is 0 Å². The molecule has 0 spiro atoms. The summed E-state index contributed by atoms with van der Waals surface area (Å²) in [5.74, 6) is 5.65. The van der Waals surface area contributed by atoms with E-state index in [1.54, 1.807) is 0 Å². The van der Waals surface area contributed by atoms with Crippen molar-refractivity contribution in [2.45, 2.75) is 32.9 Å². The van der Waals surface area contributed by atoms with Crippen molar-refractivity contribution in [3.8, 4) is 0 Å². The van der Waals surface area contributed by atoms with Gasteiger partial charge in [0.1, 0.15) is 0 Å². The lowest BCUT2D eigenvalue weighted by Gasteiger charge is -2.14. The van der Waals surface area contributed by atoms with E-state index in [2.05, 4.69) is 48.6 Å². The minimum absolute atomic E-state index is 0.105. The van der Waals surface area contributed by atoms with E-state index in [-0.39, 0.29) is 6.04 Å². The van der Waals surface area contributed by atoms with Crippen LogP contribution in [0.15, 0.2) is 36.7 Å². The van der Waals surface area contributed by atoms with Gasteiger partial charge in [-0.2, -0.15) is 5.10 Å². The van der Waals surface area contributed by atoms with Gasteiger partial charge in [0, 0.05) is 18.3 Å². The number of nitrogens with zero attached hydrogens (tertiary/aromatic N) is 2. The van der Waals surface area contributed by atoms with Gasteiger partial charge in [-0.05, 0) is 25.8 Å². The van der Waals surface area contributed by atoms with Crippen LogP contribution in [-0.4, -0.2) is 9.78 Å². The van der Waals surface area contributed by atoms with Gasteiger partial charge in [-0.1, -0.05) is 29.8 Å². The summed E-state index contributed by atoms with van der Waals surface area (Å²) >= 11 is 0. The number of rotatable bonds is 5. The molecule has 0 aliphatic heterocycles. The lowest BCUT2D eigenvalue weighted by molar-refractivity contribution is 0.550. The molecule has 4 heteroatoms. The average Bonchev–Trinajstić information content (AvgIpc) is 2.87. The highest BCUT2D eigenvalue weighted by molar-refractivity contribution is 5.24. The molecule has 1 unspecified atom stereocenters. The average molecular weight is 244 g/mol. The Morgan fingerprint density at radius 1 is 1.33 bits per heavy atom. The second-order valence-corrected chi connectivity index (χ2v) is 4.54. The highest BCUT2D eigenvalue weighted by atomic mass is 15.3. The van der Waals surface area contributed by atoms with Crippen LogP contribution in [0, 0.1) is 6.92 Å². The first-order valence-corrected chi connectivity index (χ1v) is 6.27. The molecule has 0 bridgehead atoms. The van der Waals surface area contributed by atoms with E-state index in [9.17, 15) is 0 Å². The monoisotopic (exact) mass is 244 g/mol. The molecule has 18 heavy (non-hydrogen) atoms. The van der Waals surface area contributed by atoms with E-state index in [4.69, 9.17) is 5.84 Å². The van der Waals surface area contributed by atoms with Gasteiger partial charge < -0.3 is 0 Å². The standard InChI is InChI=1S/C14H20N4/c1-3-18-10-13(9-16-18)14(17-15)8-12-6-4-11(2)5-7-12/h4-7,9-10,14,17H,3,8,15H2,1-2H3. The van der Waals surface area contributed by atoms with Crippen LogP contribution in [0.2, 0.25) is 0 Å². The predicted molar refractivity (Wildman–Crippen MR) is 72.8 cm³/mol. The molecule has 3 N–H and O–H groups in total. The minimum atomic E-state index is 0.105. The molecule has 0 amide bonds. The number of hydrogen-bond donors (Lipinski definition) is 2. The predicted octanol–water partition coefficient (Wildman–Crippen LogP) is 1.96. The molecule has 0 radical (unpaired) electrons. The summed E-state index contributed by atoms with van der Waals surface area (Å²) in [6.07, 6.45) is 4.78. The van der Waals surface area contributed by atoms with Crippen molar-refractivity contribution >= 4 is 0 Å². The van der Waals surface area contributed by atoms with Crippen LogP contribution < -0.4 is 11.3 Å². The van der Waals surface area contributed by atoms with Crippen molar-refractivity contribution in [1.82, 2.24) is 15.2 Å². The number of hydrazine groups is 1. The van der Waals surface area contributed by atoms with Crippen LogP contribution in [0.25, 0.3) is 0 Å². The zero-order valence-electron chi connectivity index (χ0n) is 10.9. The molecule has 0 aliphatic rings. The van der Waals surface area contributed by atoms with Crippen LogP contribution in [0.4, 0.5) is 0 Å². The SMILES string of the molecule is CCn1cc(C(Cc2ccc(C)cc2)NN)cn1. The van der Waals surface area contributed by atoms with Crippen LogP contribution in [0.1, 0.15) is 29.7 Å². The molecule has 0 saturated heterocycles. The van der Waals surface area contributed by atoms with Gasteiger partial charge in [-0.25, -0.2) is 0 Å². The molecule has 0 aliphatic carbocycles. The number of benzene rings is 1. The third-order valence-corrected chi connectivity index (χ3v) is 3.14. The fourth-order valence-electron chi connectivity index (χ4n) is 1.97. The van der Waals surface area contributed by atoms with Gasteiger partial charge in [0.15, 0.2) is 0 Å². The quantitative estimate of drug-likeness (QED) is 0.624. The van der Waals surface area contributed by atoms with E-state index in [0.717, 1.165) is 18.5 Å². The molecule has 1 aromatic carbocycles. The van der Waals surface area contributed by atoms with Crippen molar-refractivity contribution in [1.29, 1.82) is 0 Å². The van der Waals surface area contributed by atoms with Crippen molar-refractivity contribution in [2.75, 3.05) is 0 Å². The Bertz CT molecular complexity index is 487. The lowest BCUT2D eigenvalue weighted by Crippen LogP contribution is -2.29. The maximum Gasteiger partial charge on any atom is 0.0538 e. The van der Waals surface area contributed by atoms with Gasteiger partial charge in [0.05, 0.1) is 12.2 Å². The van der Waals surface area contributed by atoms with Crippen molar-refractivity contribution < 1.29 is 0 Å². The molecular weight excluding hydrogens is 224 g/mol. The highest BCUT2D eigenvalue weighted by Crippen LogP contribution is 2.17. The van der Waals surface area contributed by atoms with Crippen LogP contribution in [-0.2, 0) is 13.0 Å². The van der Waals surface area contributed by atoms with Crippen molar-refractivity contribution in [3.05, 3.63) is 53.3 Å². The fraction of sp³-hybridized carbons (Fsp3) is 0.357. The first kappa shape index (κ1) is 12.8. The first-order chi connectivity index (χ1) is 8.72. The van der Waals surface area contributed by atoms with Gasteiger partial charge in [-0.3, -0.25) is 16.0 Å². The number of aromatic nitrogens is 2. The first-order valence-electron chi connectivity index (χ1n) is 6.27. The molecule has 0 fully saturated rings. The van der Waals surface area contributed by atoms with Gasteiger partial charge in [0.25, 0.3) is 0 Å². The molecule has 1 aromatic heterocycles. The summed E-state index contributed by atoms with van der Waals surface area (Å²) in [5.41, 5.74) is 6.53. The summed E-state index contributed by atoms with van der Waals surface area (Å²) < 4.78 is 1.91. The van der Waals surface area contributed by atoms with Crippen molar-refractivity contribution in [2.24, 2.45) is 5.84 Å². The summed E-state index contributed by atoms with van der Waals surface area (Å²) in [7, 11) is 0. The van der Waals surface area contributed by atoms with E-state index < -0.39 is 0 Å². The van der Waals surface area contributed by atoms with Gasteiger partial charge in [0.2, 0.25) is 0 Å². The van der Waals surface area contributed by atoms with E-state index in [1.165, 1.54) is 11.1 Å². The molecule has 2 rings (SSSR count). The largest absolute Gasteiger partial charge is 0.273 e. The zero-order chi connectivity index (χ0) is 13.0. The molecule has 2 aromatic rings. The Hall–Kier alpha value is -1.65. The molecular formula is C14H20N4. The molecule has 96 valence electrons. The lowest BCUT2D eigenvalue weighted by atomic mass is 10.0. The highest BCUT2D eigenvalue weighted by Gasteiger charge is 2.12. The zero-order valence-corrected chi connectivity index (χ0v) is 10.9. The van der Waals surface area contributed by atoms with E-state index >= 15 is 0 Å². The van der Waals surface area contributed by atoms with Crippen molar-refractivity contribution in [3.63, 3.8) is 0 Å². The normalized spacial score (nSPS) is 12.6. The number of hydrogen-bond acceptors (Lipinski definition) is 3. The Morgan fingerprint density at radius 3 is 2.61 bits per heavy atom. The van der Waals surface area contributed by atoms with E-state index in [0.29, 0.717) is 0 Å². The molecule has 1 heterocycles. The second-order valence-electron chi connectivity index (χ2n) is 4.54. The van der Waals surface area contributed by atoms with Gasteiger partial charge in [-0.15, -0.1) is 0 Å². The summed E-state index contributed by atoms with van der Waals surface area (Å²) in [5, 5.41) is 4.28. The maximum atomic E-state index is 5.65. The maximum absolute atomic E-state index is 5.65. The summed E-state index contributed by atoms with van der Waals surface area (Å²) in [6, 6.07) is 8.64. The third kappa shape index (κ3) is 2.97. The second kappa shape index (κ2) is 5.80. The smallest absolute Gasteiger partial charge is 0.0538 e. The van der Waals surface area contributed by atoms with E-state index in [1.807, 2.05) is 17.1 Å². The van der Waals surface area contributed by atoms with Crippen LogP contribution >= 0.6 is 0 Å². The van der Waals surface area contributed by atoms with Crippen LogP contribution in [0.5, 0.6) is 0 Å². The summed E-state index contributed by atoms with van der Waals surface area (Å²) in [4.78, 5) is 0. The van der Waals surface area contributed by atoms with Crippen LogP contribution in [0.3, 0.4) is 0 Å². The topological polar surface area (TPSA) is 55.9 Å². The Labute approximate surface area is 108 Å². The molecule has 0 saturated carbocycles. The molecule has 1 atom stereocenters. The minimum Gasteiger partial charge on any atom is -0.273 e. The number of nitrogens with two attached hydrogens (primary N) is 1. The fourth-order valence-corrected chi connectivity index (χ4v) is 1.97. The number of nitrogens with one attached hydrogen (secondary N) is 1. The Balaban J connectivity index is 2.11. The Kier molecular flexibility index (Phi) is 4.12. The summed E-state index contributed by atoms with van der Waals surface area (Å²) in [6.45, 7) is 5.04. The number of aryl methyl sites for hydroxylation is 2.